The van der Waals surface area contributed by atoms with Crippen molar-refractivity contribution in [1.29, 1.82) is 0 Å². The van der Waals surface area contributed by atoms with Crippen molar-refractivity contribution in [1.82, 2.24) is 4.90 Å². The van der Waals surface area contributed by atoms with E-state index in [4.69, 9.17) is 0 Å². The van der Waals surface area contributed by atoms with Crippen molar-refractivity contribution in [2.45, 2.75) is 58.4 Å². The van der Waals surface area contributed by atoms with E-state index in [9.17, 15) is 18.0 Å². The number of benzene rings is 1. The molecule has 2 heterocycles. The Balaban J connectivity index is 1.79. The number of hydrogen-bond acceptors (Lipinski definition) is 4. The van der Waals surface area contributed by atoms with Crippen LogP contribution >= 0.6 is 0 Å². The highest BCUT2D eigenvalue weighted by Gasteiger charge is 2.41. The quantitative estimate of drug-likeness (QED) is 0.680. The standard InChI is InChI=1S/C22H32N2O4S/c1-4-11-23(18-10-12-29(27,28)15-18)22(26)17-13-21(25)24(14-17)20-9-7-6-8-19(20)16(3)5-2/h6-9,16-18H,4-5,10-15H2,1-3H3/t16-,17+,18+/m0/s1. The third kappa shape index (κ3) is 4.65. The summed E-state index contributed by atoms with van der Waals surface area (Å²) in [5, 5.41) is 0. The Morgan fingerprint density at radius 1 is 1.28 bits per heavy atom. The fraction of sp³-hybridized carbons (Fsp3) is 0.636. The fourth-order valence-corrected chi connectivity index (χ4v) is 6.18. The molecule has 0 saturated carbocycles. The maximum Gasteiger partial charge on any atom is 0.228 e. The predicted octanol–water partition coefficient (Wildman–Crippen LogP) is 2.98. The molecule has 3 rings (SSSR count). The number of para-hydroxylation sites is 1. The molecular formula is C22H32N2O4S. The molecule has 0 aromatic heterocycles. The first-order chi connectivity index (χ1) is 13.8. The number of rotatable bonds is 7. The van der Waals surface area contributed by atoms with Crippen LogP contribution in [0, 0.1) is 5.92 Å². The van der Waals surface area contributed by atoms with Gasteiger partial charge >= 0.3 is 0 Å². The Bertz CT molecular complexity index is 867. The first-order valence-corrected chi connectivity index (χ1v) is 12.5. The molecule has 0 spiro atoms. The summed E-state index contributed by atoms with van der Waals surface area (Å²) in [6.07, 6.45) is 2.42. The van der Waals surface area contributed by atoms with E-state index in [1.54, 1.807) is 9.80 Å². The van der Waals surface area contributed by atoms with Gasteiger partial charge in [0.05, 0.1) is 17.4 Å². The number of sulfone groups is 1. The minimum atomic E-state index is -3.07. The van der Waals surface area contributed by atoms with Gasteiger partial charge < -0.3 is 9.80 Å². The third-order valence-corrected chi connectivity index (χ3v) is 7.99. The number of amides is 2. The summed E-state index contributed by atoms with van der Waals surface area (Å²) in [6.45, 7) is 7.15. The van der Waals surface area contributed by atoms with Gasteiger partial charge in [0.2, 0.25) is 11.8 Å². The zero-order valence-corrected chi connectivity index (χ0v) is 18.5. The van der Waals surface area contributed by atoms with Crippen LogP contribution in [0.4, 0.5) is 5.69 Å². The highest BCUT2D eigenvalue weighted by Crippen LogP contribution is 2.34. The van der Waals surface area contributed by atoms with Crippen molar-refractivity contribution in [3.8, 4) is 0 Å². The highest BCUT2D eigenvalue weighted by atomic mass is 32.2. The van der Waals surface area contributed by atoms with E-state index in [1.165, 1.54) is 0 Å². The Hall–Kier alpha value is -1.89. The molecular weight excluding hydrogens is 388 g/mol. The number of anilines is 1. The summed E-state index contributed by atoms with van der Waals surface area (Å²) in [5.74, 6) is -0.0137. The average Bonchev–Trinajstić information content (AvgIpc) is 3.26. The lowest BCUT2D eigenvalue weighted by atomic mass is 9.96. The van der Waals surface area contributed by atoms with Crippen molar-refractivity contribution in [3.63, 3.8) is 0 Å². The van der Waals surface area contributed by atoms with Gasteiger partial charge in [0, 0.05) is 31.2 Å². The van der Waals surface area contributed by atoms with Gasteiger partial charge in [0.1, 0.15) is 0 Å². The molecule has 2 amide bonds. The number of nitrogens with zero attached hydrogens (tertiary/aromatic N) is 2. The van der Waals surface area contributed by atoms with Crippen LogP contribution in [0.2, 0.25) is 0 Å². The molecule has 6 nitrogen and oxygen atoms in total. The molecule has 0 radical (unpaired) electrons. The van der Waals surface area contributed by atoms with Crippen LogP contribution in [0.5, 0.6) is 0 Å². The van der Waals surface area contributed by atoms with Gasteiger partial charge in [0.15, 0.2) is 9.84 Å². The normalized spacial score (nSPS) is 24.7. The monoisotopic (exact) mass is 420 g/mol. The van der Waals surface area contributed by atoms with Crippen molar-refractivity contribution < 1.29 is 18.0 Å². The predicted molar refractivity (Wildman–Crippen MR) is 115 cm³/mol. The van der Waals surface area contributed by atoms with Gasteiger partial charge in [-0.15, -0.1) is 0 Å². The van der Waals surface area contributed by atoms with Crippen molar-refractivity contribution >= 4 is 27.3 Å². The van der Waals surface area contributed by atoms with Gasteiger partial charge in [-0.2, -0.15) is 0 Å². The molecule has 3 atom stereocenters. The smallest absolute Gasteiger partial charge is 0.228 e. The minimum absolute atomic E-state index is 0.0328. The first kappa shape index (κ1) is 21.8. The zero-order valence-electron chi connectivity index (χ0n) is 17.6. The molecule has 2 aliphatic rings. The Labute approximate surface area is 174 Å². The topological polar surface area (TPSA) is 74.8 Å². The molecule has 1 aromatic rings. The van der Waals surface area contributed by atoms with E-state index in [0.29, 0.717) is 25.4 Å². The SMILES string of the molecule is CCCN(C(=O)[C@@H]1CC(=O)N(c2ccccc2[C@@H](C)CC)C1)[C@@H]1CCS(=O)(=O)C1. The largest absolute Gasteiger partial charge is 0.338 e. The summed E-state index contributed by atoms with van der Waals surface area (Å²) >= 11 is 0. The van der Waals surface area contributed by atoms with Crippen LogP contribution in [-0.2, 0) is 19.4 Å². The van der Waals surface area contributed by atoms with E-state index in [2.05, 4.69) is 19.9 Å². The Morgan fingerprint density at radius 3 is 2.62 bits per heavy atom. The van der Waals surface area contributed by atoms with Crippen LogP contribution in [0.3, 0.4) is 0 Å². The molecule has 2 saturated heterocycles. The van der Waals surface area contributed by atoms with E-state index in [1.807, 2.05) is 25.1 Å². The van der Waals surface area contributed by atoms with Crippen molar-refractivity contribution in [2.75, 3.05) is 29.5 Å². The van der Waals surface area contributed by atoms with Gasteiger partial charge in [-0.3, -0.25) is 9.59 Å². The maximum atomic E-state index is 13.3. The summed E-state index contributed by atoms with van der Waals surface area (Å²) in [5.41, 5.74) is 2.02. The molecule has 29 heavy (non-hydrogen) atoms. The van der Waals surface area contributed by atoms with Gasteiger partial charge in [-0.25, -0.2) is 8.42 Å². The Morgan fingerprint density at radius 2 is 2.00 bits per heavy atom. The summed E-state index contributed by atoms with van der Waals surface area (Å²) < 4.78 is 23.8. The molecule has 0 N–H and O–H groups in total. The molecule has 1 aromatic carbocycles. The van der Waals surface area contributed by atoms with Gasteiger partial charge in [0.25, 0.3) is 0 Å². The molecule has 7 heteroatoms. The van der Waals surface area contributed by atoms with Crippen LogP contribution in [0.1, 0.15) is 57.9 Å². The van der Waals surface area contributed by atoms with E-state index < -0.39 is 15.8 Å². The lowest BCUT2D eigenvalue weighted by Crippen LogP contribution is -2.45. The van der Waals surface area contributed by atoms with Gasteiger partial charge in [-0.05, 0) is 36.8 Å². The molecule has 2 fully saturated rings. The maximum absolute atomic E-state index is 13.3. The van der Waals surface area contributed by atoms with E-state index in [0.717, 1.165) is 24.1 Å². The molecule has 0 unspecified atom stereocenters. The lowest BCUT2D eigenvalue weighted by molar-refractivity contribution is -0.137. The number of hydrogen-bond donors (Lipinski definition) is 0. The molecule has 0 bridgehead atoms. The fourth-order valence-electron chi connectivity index (χ4n) is 4.45. The lowest BCUT2D eigenvalue weighted by Gasteiger charge is -2.30. The number of carbonyl (C=O) groups excluding carboxylic acids is 2. The van der Waals surface area contributed by atoms with E-state index in [-0.39, 0.29) is 35.8 Å². The summed E-state index contributed by atoms with van der Waals surface area (Å²) in [6, 6.07) is 7.66. The molecule has 2 aliphatic heterocycles. The highest BCUT2D eigenvalue weighted by molar-refractivity contribution is 7.91. The van der Waals surface area contributed by atoms with Gasteiger partial charge in [-0.1, -0.05) is 39.0 Å². The zero-order chi connectivity index (χ0) is 21.2. The molecule has 160 valence electrons. The first-order valence-electron chi connectivity index (χ1n) is 10.7. The summed E-state index contributed by atoms with van der Waals surface area (Å²) in [7, 11) is -3.07. The number of carbonyl (C=O) groups is 2. The average molecular weight is 421 g/mol. The van der Waals surface area contributed by atoms with Crippen LogP contribution < -0.4 is 4.90 Å². The van der Waals surface area contributed by atoms with Crippen LogP contribution in [0.15, 0.2) is 24.3 Å². The van der Waals surface area contributed by atoms with Crippen molar-refractivity contribution in [3.05, 3.63) is 29.8 Å². The van der Waals surface area contributed by atoms with Crippen LogP contribution in [-0.4, -0.2) is 55.8 Å². The van der Waals surface area contributed by atoms with Crippen molar-refractivity contribution in [2.24, 2.45) is 5.92 Å². The Kier molecular flexibility index (Phi) is 6.66. The summed E-state index contributed by atoms with van der Waals surface area (Å²) in [4.78, 5) is 29.6. The second kappa shape index (κ2) is 8.86. The second-order valence-electron chi connectivity index (χ2n) is 8.36. The minimum Gasteiger partial charge on any atom is -0.338 e. The molecule has 0 aliphatic carbocycles. The second-order valence-corrected chi connectivity index (χ2v) is 10.6. The van der Waals surface area contributed by atoms with E-state index >= 15 is 0 Å². The third-order valence-electron chi connectivity index (χ3n) is 6.24. The van der Waals surface area contributed by atoms with Crippen LogP contribution in [0.25, 0.3) is 0 Å².